The Balaban J connectivity index is 1.66. The summed E-state index contributed by atoms with van der Waals surface area (Å²) in [4.78, 5) is 39.1. The zero-order valence-corrected chi connectivity index (χ0v) is 16.9. The van der Waals surface area contributed by atoms with Crippen LogP contribution in [-0.4, -0.2) is 50.2 Å². The maximum atomic E-state index is 12.9. The molecule has 4 aliphatic rings. The number of amides is 1. The first-order valence-corrected chi connectivity index (χ1v) is 10.2. The highest BCUT2D eigenvalue weighted by molar-refractivity contribution is 14.1. The zero-order valence-electron chi connectivity index (χ0n) is 14.8. The molecule has 7 nitrogen and oxygen atoms in total. The molecule has 0 unspecified atom stereocenters. The number of alkyl halides is 1. The van der Waals surface area contributed by atoms with Crippen LogP contribution in [0.2, 0.25) is 0 Å². The van der Waals surface area contributed by atoms with Crippen molar-refractivity contribution in [2.75, 3.05) is 6.54 Å². The lowest BCUT2D eigenvalue weighted by Gasteiger charge is -2.57. The first-order valence-electron chi connectivity index (χ1n) is 8.95. The summed E-state index contributed by atoms with van der Waals surface area (Å²) in [6.45, 7) is 2.33. The van der Waals surface area contributed by atoms with E-state index in [4.69, 9.17) is 9.47 Å². The number of ether oxygens (including phenoxy) is 2. The van der Waals surface area contributed by atoms with Gasteiger partial charge in [-0.1, -0.05) is 59.8 Å². The van der Waals surface area contributed by atoms with Crippen molar-refractivity contribution in [3.05, 3.63) is 35.9 Å². The van der Waals surface area contributed by atoms with E-state index in [0.717, 1.165) is 5.56 Å². The smallest absolute Gasteiger partial charge is 0.410 e. The molecule has 1 aromatic carbocycles. The van der Waals surface area contributed by atoms with Crippen LogP contribution in [0, 0.1) is 11.3 Å². The molecule has 1 aliphatic carbocycles. The van der Waals surface area contributed by atoms with Gasteiger partial charge < -0.3 is 14.6 Å². The normalized spacial score (nSPS) is 36.4. The van der Waals surface area contributed by atoms with Gasteiger partial charge in [0.25, 0.3) is 0 Å². The average molecular weight is 485 g/mol. The van der Waals surface area contributed by atoms with Crippen LogP contribution in [0.3, 0.4) is 0 Å². The van der Waals surface area contributed by atoms with Crippen LogP contribution < -0.4 is 0 Å². The van der Waals surface area contributed by atoms with E-state index in [0.29, 0.717) is 13.0 Å². The molecule has 5 rings (SSSR count). The monoisotopic (exact) mass is 485 g/mol. The zero-order chi connectivity index (χ0) is 19.4. The Morgan fingerprint density at radius 3 is 2.70 bits per heavy atom. The highest BCUT2D eigenvalue weighted by Crippen LogP contribution is 2.62. The molecule has 1 N–H and O–H groups in total. The molecule has 27 heavy (non-hydrogen) atoms. The molecular weight excluding hydrogens is 465 g/mol. The Hall–Kier alpha value is -1.84. The molecule has 3 aliphatic heterocycles. The molecule has 4 bridgehead atoms. The number of fused-ring (bicyclic) bond motifs is 1. The molecule has 8 heteroatoms. The summed E-state index contributed by atoms with van der Waals surface area (Å²) in [6.07, 6.45) is 0.0490. The molecule has 1 saturated carbocycles. The summed E-state index contributed by atoms with van der Waals surface area (Å²) in [7, 11) is 0. The van der Waals surface area contributed by atoms with Crippen LogP contribution in [0.15, 0.2) is 30.3 Å². The molecule has 0 aromatic heterocycles. The SMILES string of the molecule is CC[C@@]12OC(=O)[C@]3(C(=O)O)C[C@@H](CN(C(=O)OCc4ccccc4)[C@@H]31)[C@H]2I. The molecule has 0 spiro atoms. The quantitative estimate of drug-likeness (QED) is 0.305. The third-order valence-corrected chi connectivity index (χ3v) is 8.23. The second-order valence-corrected chi connectivity index (χ2v) is 8.78. The molecular formula is C19H20INO6. The number of carbonyl (C=O) groups is 3. The molecule has 4 fully saturated rings. The minimum absolute atomic E-state index is 0.0396. The predicted octanol–water partition coefficient (Wildman–Crippen LogP) is 2.61. The van der Waals surface area contributed by atoms with E-state index in [1.165, 1.54) is 4.90 Å². The Labute approximate surface area is 170 Å². The van der Waals surface area contributed by atoms with Crippen LogP contribution in [-0.2, 0) is 25.7 Å². The van der Waals surface area contributed by atoms with Crippen molar-refractivity contribution in [2.24, 2.45) is 11.3 Å². The molecule has 5 atom stereocenters. The molecule has 1 amide bonds. The Kier molecular flexibility index (Phi) is 4.36. The van der Waals surface area contributed by atoms with Crippen LogP contribution in [0.1, 0.15) is 25.3 Å². The van der Waals surface area contributed by atoms with Crippen LogP contribution in [0.4, 0.5) is 4.79 Å². The summed E-state index contributed by atoms with van der Waals surface area (Å²) in [6, 6.07) is 8.42. The minimum Gasteiger partial charge on any atom is -0.480 e. The fourth-order valence-corrected chi connectivity index (χ4v) is 6.34. The van der Waals surface area contributed by atoms with Crippen molar-refractivity contribution in [2.45, 2.75) is 41.9 Å². The molecule has 1 aromatic rings. The number of carboxylic acids is 1. The van der Waals surface area contributed by atoms with Gasteiger partial charge in [0.1, 0.15) is 18.2 Å². The number of aliphatic carboxylic acids is 1. The topological polar surface area (TPSA) is 93.1 Å². The minimum atomic E-state index is -1.70. The van der Waals surface area contributed by atoms with Gasteiger partial charge >= 0.3 is 18.0 Å². The number of esters is 1. The van der Waals surface area contributed by atoms with E-state index < -0.39 is 35.1 Å². The van der Waals surface area contributed by atoms with Gasteiger partial charge in [-0.15, -0.1) is 0 Å². The van der Waals surface area contributed by atoms with E-state index >= 15 is 0 Å². The third-order valence-electron chi connectivity index (χ3n) is 6.16. The Bertz CT molecular complexity index is 801. The van der Waals surface area contributed by atoms with Crippen molar-refractivity contribution < 1.29 is 29.0 Å². The van der Waals surface area contributed by atoms with Gasteiger partial charge in [-0.25, -0.2) is 4.79 Å². The lowest BCUT2D eigenvalue weighted by molar-refractivity contribution is -0.166. The summed E-state index contributed by atoms with van der Waals surface area (Å²) in [5, 5.41) is 9.93. The summed E-state index contributed by atoms with van der Waals surface area (Å²) < 4.78 is 11.1. The number of piperidine rings is 2. The number of carboxylic acid groups (broad SMARTS) is 1. The maximum absolute atomic E-state index is 12.9. The summed E-state index contributed by atoms with van der Waals surface area (Å²) >= 11 is 2.25. The first kappa shape index (κ1) is 18.5. The van der Waals surface area contributed by atoms with Gasteiger partial charge in [0.15, 0.2) is 5.41 Å². The number of hydrogen-bond donors (Lipinski definition) is 1. The molecule has 3 saturated heterocycles. The van der Waals surface area contributed by atoms with Gasteiger partial charge in [-0.2, -0.15) is 0 Å². The number of halogens is 1. The number of benzene rings is 1. The Morgan fingerprint density at radius 2 is 2.07 bits per heavy atom. The predicted molar refractivity (Wildman–Crippen MR) is 102 cm³/mol. The van der Waals surface area contributed by atoms with Crippen molar-refractivity contribution in [1.82, 2.24) is 4.90 Å². The van der Waals surface area contributed by atoms with E-state index in [2.05, 4.69) is 22.6 Å². The molecule has 3 heterocycles. The van der Waals surface area contributed by atoms with E-state index in [1.807, 2.05) is 37.3 Å². The molecule has 0 radical (unpaired) electrons. The van der Waals surface area contributed by atoms with Crippen molar-refractivity contribution in [3.63, 3.8) is 0 Å². The number of carbonyl (C=O) groups excluding carboxylic acids is 2. The van der Waals surface area contributed by atoms with Gasteiger partial charge in [0.2, 0.25) is 0 Å². The van der Waals surface area contributed by atoms with Crippen LogP contribution in [0.5, 0.6) is 0 Å². The summed E-state index contributed by atoms with van der Waals surface area (Å²) in [5.74, 6) is -2.09. The fourth-order valence-electron chi connectivity index (χ4n) is 4.95. The third kappa shape index (κ3) is 2.41. The maximum Gasteiger partial charge on any atom is 0.410 e. The number of nitrogens with zero attached hydrogens (tertiary/aromatic N) is 1. The number of rotatable bonds is 4. The molecule has 144 valence electrons. The second-order valence-electron chi connectivity index (χ2n) is 7.44. The van der Waals surface area contributed by atoms with Gasteiger partial charge in [-0.3, -0.25) is 14.5 Å². The van der Waals surface area contributed by atoms with Crippen LogP contribution >= 0.6 is 22.6 Å². The fraction of sp³-hybridized carbons (Fsp3) is 0.526. The van der Waals surface area contributed by atoms with Crippen molar-refractivity contribution in [1.29, 1.82) is 0 Å². The highest BCUT2D eigenvalue weighted by Gasteiger charge is 2.79. The van der Waals surface area contributed by atoms with Gasteiger partial charge in [0, 0.05) is 6.54 Å². The second kappa shape index (κ2) is 6.35. The van der Waals surface area contributed by atoms with Crippen molar-refractivity contribution in [3.8, 4) is 0 Å². The highest BCUT2D eigenvalue weighted by atomic mass is 127. The average Bonchev–Trinajstić information content (AvgIpc) is 2.92. The van der Waals surface area contributed by atoms with Gasteiger partial charge in [-0.05, 0) is 24.3 Å². The lowest BCUT2D eigenvalue weighted by Crippen LogP contribution is -2.74. The number of hydrogen-bond acceptors (Lipinski definition) is 5. The van der Waals surface area contributed by atoms with Gasteiger partial charge in [0.05, 0.1) is 3.92 Å². The summed E-state index contributed by atoms with van der Waals surface area (Å²) in [5.41, 5.74) is -1.84. The largest absolute Gasteiger partial charge is 0.480 e. The Morgan fingerprint density at radius 1 is 1.37 bits per heavy atom. The van der Waals surface area contributed by atoms with E-state index in [1.54, 1.807) is 0 Å². The standard InChI is InChI=1S/C19H20INO6/c1-2-19-13(20)12-8-18(15(22)23,16(24)27-19)14(19)21(9-12)17(25)26-10-11-6-4-3-5-7-11/h3-7,12-14H,2,8-10H2,1H3,(H,22,23)/t12-,13+,14-,18+,19-/m0/s1. The first-order chi connectivity index (χ1) is 12.9. The van der Waals surface area contributed by atoms with Crippen LogP contribution in [0.25, 0.3) is 0 Å². The van der Waals surface area contributed by atoms with E-state index in [9.17, 15) is 19.5 Å². The van der Waals surface area contributed by atoms with E-state index in [-0.39, 0.29) is 22.9 Å². The lowest BCUT2D eigenvalue weighted by atomic mass is 9.57. The van der Waals surface area contributed by atoms with Crippen molar-refractivity contribution >= 4 is 40.6 Å².